The van der Waals surface area contributed by atoms with E-state index in [1.807, 2.05) is 13.8 Å². The number of halogens is 1. The topological polar surface area (TPSA) is 127 Å². The molecule has 0 aliphatic carbocycles. The van der Waals surface area contributed by atoms with Crippen LogP contribution in [-0.2, 0) is 4.79 Å². The number of hydrazone groups is 1. The van der Waals surface area contributed by atoms with Gasteiger partial charge in [0.05, 0.1) is 11.1 Å². The Morgan fingerprint density at radius 2 is 1.86 bits per heavy atom. The Bertz CT molecular complexity index is 1250. The number of carbonyl (C=O) groups is 2. The SMILES string of the molecule is Cc1cc([N+](=O)[O-])ccc1-c1ccc(/C=N\NC(=O)[C@H](CC(C)C)NC(=O)c2ccc(F)cc2)o1. The number of carbonyl (C=O) groups excluding carboxylic acids is 2. The standard InChI is InChI=1S/C25H25FN4O5/c1-15(2)12-22(28-24(31)17-4-6-18(26)7-5-17)25(32)29-27-14-20-9-11-23(35-20)21-10-8-19(30(33)34)13-16(21)3/h4-11,13-15,22H,12H2,1-3H3,(H,28,31)(H,29,32)/b27-14-/t22-/m0/s1. The molecular weight excluding hydrogens is 455 g/mol. The number of rotatable bonds is 9. The number of nitrogens with zero attached hydrogens (tertiary/aromatic N) is 2. The lowest BCUT2D eigenvalue weighted by molar-refractivity contribution is -0.384. The Kier molecular flexibility index (Phi) is 8.08. The van der Waals surface area contributed by atoms with E-state index in [1.54, 1.807) is 25.1 Å². The molecule has 2 amide bonds. The van der Waals surface area contributed by atoms with Crippen LogP contribution < -0.4 is 10.7 Å². The van der Waals surface area contributed by atoms with E-state index in [1.165, 1.54) is 42.6 Å². The fourth-order valence-electron chi connectivity index (χ4n) is 3.39. The molecule has 1 aromatic heterocycles. The van der Waals surface area contributed by atoms with Gasteiger partial charge < -0.3 is 9.73 Å². The molecule has 1 atom stereocenters. The first-order valence-corrected chi connectivity index (χ1v) is 10.9. The van der Waals surface area contributed by atoms with Crippen LogP contribution in [0.5, 0.6) is 0 Å². The monoisotopic (exact) mass is 480 g/mol. The molecule has 0 spiro atoms. The van der Waals surface area contributed by atoms with Crippen LogP contribution in [0.3, 0.4) is 0 Å². The molecule has 182 valence electrons. The van der Waals surface area contributed by atoms with Gasteiger partial charge in [-0.15, -0.1) is 0 Å². The minimum atomic E-state index is -0.848. The lowest BCUT2D eigenvalue weighted by Crippen LogP contribution is -2.46. The zero-order valence-corrected chi connectivity index (χ0v) is 19.4. The molecule has 0 unspecified atom stereocenters. The summed E-state index contributed by atoms with van der Waals surface area (Å²) in [5.41, 5.74) is 4.01. The number of nitro groups is 1. The molecule has 2 N–H and O–H groups in total. The van der Waals surface area contributed by atoms with E-state index in [4.69, 9.17) is 4.42 Å². The van der Waals surface area contributed by atoms with Crippen molar-refractivity contribution < 1.29 is 23.3 Å². The Balaban J connectivity index is 1.65. The van der Waals surface area contributed by atoms with Gasteiger partial charge in [-0.2, -0.15) is 5.10 Å². The Labute approximate surface area is 201 Å². The number of nitro benzene ring substituents is 1. The molecule has 2 aromatic carbocycles. The van der Waals surface area contributed by atoms with Gasteiger partial charge in [0.15, 0.2) is 0 Å². The quantitative estimate of drug-likeness (QED) is 0.263. The number of benzene rings is 2. The highest BCUT2D eigenvalue weighted by Crippen LogP contribution is 2.28. The van der Waals surface area contributed by atoms with Gasteiger partial charge in [0, 0.05) is 23.3 Å². The second-order valence-corrected chi connectivity index (χ2v) is 8.36. The van der Waals surface area contributed by atoms with Crippen molar-refractivity contribution in [3.05, 3.63) is 87.4 Å². The summed E-state index contributed by atoms with van der Waals surface area (Å²) in [4.78, 5) is 35.6. The van der Waals surface area contributed by atoms with E-state index in [9.17, 15) is 24.1 Å². The number of amides is 2. The van der Waals surface area contributed by atoms with E-state index in [2.05, 4.69) is 15.8 Å². The van der Waals surface area contributed by atoms with Crippen LogP contribution in [0.15, 0.2) is 64.1 Å². The summed E-state index contributed by atoms with van der Waals surface area (Å²) < 4.78 is 18.8. The predicted octanol–water partition coefficient (Wildman–Crippen LogP) is 4.60. The lowest BCUT2D eigenvalue weighted by Gasteiger charge is -2.19. The third-order valence-electron chi connectivity index (χ3n) is 5.11. The summed E-state index contributed by atoms with van der Waals surface area (Å²) in [7, 11) is 0. The number of aryl methyl sites for hydroxylation is 1. The largest absolute Gasteiger partial charge is 0.455 e. The molecule has 3 rings (SSSR count). The average Bonchev–Trinajstić information content (AvgIpc) is 3.27. The first-order chi connectivity index (χ1) is 16.6. The van der Waals surface area contributed by atoms with Gasteiger partial charge in [0.25, 0.3) is 17.5 Å². The molecule has 0 radical (unpaired) electrons. The maximum Gasteiger partial charge on any atom is 0.269 e. The smallest absolute Gasteiger partial charge is 0.269 e. The molecule has 0 saturated heterocycles. The maximum absolute atomic E-state index is 13.1. The van der Waals surface area contributed by atoms with Crippen molar-refractivity contribution in [2.24, 2.45) is 11.0 Å². The van der Waals surface area contributed by atoms with Crippen LogP contribution in [-0.4, -0.2) is 29.0 Å². The first kappa shape index (κ1) is 25.3. The van der Waals surface area contributed by atoms with Crippen molar-refractivity contribution in [2.45, 2.75) is 33.2 Å². The van der Waals surface area contributed by atoms with Gasteiger partial charge in [-0.3, -0.25) is 19.7 Å². The fraction of sp³-hybridized carbons (Fsp3) is 0.240. The second-order valence-electron chi connectivity index (χ2n) is 8.36. The van der Waals surface area contributed by atoms with Gasteiger partial charge >= 0.3 is 0 Å². The van der Waals surface area contributed by atoms with Crippen molar-refractivity contribution in [3.8, 4) is 11.3 Å². The molecule has 9 nitrogen and oxygen atoms in total. The normalized spacial score (nSPS) is 12.0. The van der Waals surface area contributed by atoms with Crippen LogP contribution in [0, 0.1) is 28.8 Å². The number of hydrogen-bond donors (Lipinski definition) is 2. The summed E-state index contributed by atoms with van der Waals surface area (Å²) in [5, 5.41) is 17.5. The molecule has 0 fully saturated rings. The number of non-ortho nitro benzene ring substituents is 1. The fourth-order valence-corrected chi connectivity index (χ4v) is 3.39. The first-order valence-electron chi connectivity index (χ1n) is 10.9. The summed E-state index contributed by atoms with van der Waals surface area (Å²) in [6.45, 7) is 5.57. The van der Waals surface area contributed by atoms with Gasteiger partial charge in [0.2, 0.25) is 0 Å². The van der Waals surface area contributed by atoms with E-state index in [-0.39, 0.29) is 17.2 Å². The molecule has 35 heavy (non-hydrogen) atoms. The zero-order valence-electron chi connectivity index (χ0n) is 19.4. The molecule has 3 aromatic rings. The van der Waals surface area contributed by atoms with E-state index in [0.29, 0.717) is 29.1 Å². The number of furan rings is 1. The van der Waals surface area contributed by atoms with Gasteiger partial charge in [0.1, 0.15) is 23.4 Å². The second kappa shape index (κ2) is 11.2. The summed E-state index contributed by atoms with van der Waals surface area (Å²) >= 11 is 0. The van der Waals surface area contributed by atoms with Crippen molar-refractivity contribution in [3.63, 3.8) is 0 Å². The van der Waals surface area contributed by atoms with Gasteiger partial charge in [-0.05, 0) is 67.3 Å². The maximum atomic E-state index is 13.1. The molecule has 1 heterocycles. The highest BCUT2D eigenvalue weighted by molar-refractivity contribution is 5.97. The van der Waals surface area contributed by atoms with Gasteiger partial charge in [-0.1, -0.05) is 13.8 Å². The molecular formula is C25H25FN4O5. The molecule has 0 saturated carbocycles. The predicted molar refractivity (Wildman–Crippen MR) is 128 cm³/mol. The molecule has 0 bridgehead atoms. The summed E-state index contributed by atoms with van der Waals surface area (Å²) in [6, 6.07) is 12.0. The van der Waals surface area contributed by atoms with Crippen molar-refractivity contribution >= 4 is 23.7 Å². The van der Waals surface area contributed by atoms with Crippen molar-refractivity contribution in [1.29, 1.82) is 0 Å². The Hall–Kier alpha value is -4.34. The van der Waals surface area contributed by atoms with Crippen molar-refractivity contribution in [2.75, 3.05) is 0 Å². The Morgan fingerprint density at radius 3 is 2.49 bits per heavy atom. The van der Waals surface area contributed by atoms with Crippen LogP contribution in [0.2, 0.25) is 0 Å². The molecule has 10 heteroatoms. The van der Waals surface area contributed by atoms with E-state index < -0.39 is 28.6 Å². The Morgan fingerprint density at radius 1 is 1.14 bits per heavy atom. The number of hydrogen-bond acceptors (Lipinski definition) is 6. The van der Waals surface area contributed by atoms with E-state index >= 15 is 0 Å². The highest BCUT2D eigenvalue weighted by atomic mass is 19.1. The van der Waals surface area contributed by atoms with Crippen LogP contribution >= 0.6 is 0 Å². The lowest BCUT2D eigenvalue weighted by atomic mass is 10.0. The minimum Gasteiger partial charge on any atom is -0.455 e. The average molecular weight is 480 g/mol. The molecule has 0 aliphatic heterocycles. The summed E-state index contributed by atoms with van der Waals surface area (Å²) in [5.74, 6) is -0.506. The van der Waals surface area contributed by atoms with Crippen LogP contribution in [0.4, 0.5) is 10.1 Å². The number of nitrogens with one attached hydrogen (secondary N) is 2. The third kappa shape index (κ3) is 6.83. The van der Waals surface area contributed by atoms with Crippen molar-refractivity contribution in [1.82, 2.24) is 10.7 Å². The summed E-state index contributed by atoms with van der Waals surface area (Å²) in [6.07, 6.45) is 1.69. The highest BCUT2D eigenvalue weighted by Gasteiger charge is 2.22. The van der Waals surface area contributed by atoms with Crippen LogP contribution in [0.1, 0.15) is 41.9 Å². The molecule has 0 aliphatic rings. The third-order valence-corrected chi connectivity index (χ3v) is 5.11. The minimum absolute atomic E-state index is 0.00947. The van der Waals surface area contributed by atoms with Crippen LogP contribution in [0.25, 0.3) is 11.3 Å². The van der Waals surface area contributed by atoms with E-state index in [0.717, 1.165) is 0 Å². The van der Waals surface area contributed by atoms with Gasteiger partial charge in [-0.25, -0.2) is 9.82 Å². The zero-order chi connectivity index (χ0) is 25.5.